The first-order valence-electron chi connectivity index (χ1n) is 7.94. The van der Waals surface area contributed by atoms with E-state index in [-0.39, 0.29) is 5.69 Å². The molecule has 0 spiro atoms. The molecular formula is C18H15F3INO2S. The van der Waals surface area contributed by atoms with Crippen molar-refractivity contribution in [3.63, 3.8) is 0 Å². The monoisotopic (exact) mass is 493 g/mol. The lowest BCUT2D eigenvalue weighted by Crippen LogP contribution is -2.17. The van der Waals surface area contributed by atoms with Crippen molar-refractivity contribution in [1.82, 2.24) is 0 Å². The van der Waals surface area contributed by atoms with E-state index in [0.29, 0.717) is 10.8 Å². The van der Waals surface area contributed by atoms with Crippen molar-refractivity contribution in [3.05, 3.63) is 56.9 Å². The Hall–Kier alpha value is -1.26. The second-order valence-corrected chi connectivity index (χ2v) is 8.29. The first-order valence-corrected chi connectivity index (χ1v) is 9.89. The fourth-order valence-electron chi connectivity index (χ4n) is 2.54. The lowest BCUT2D eigenvalue weighted by Gasteiger charge is -2.22. The van der Waals surface area contributed by atoms with E-state index in [9.17, 15) is 18.0 Å². The van der Waals surface area contributed by atoms with Crippen LogP contribution in [0.3, 0.4) is 0 Å². The number of ether oxygens (including phenoxy) is 1. The first kappa shape index (κ1) is 19.5. The quantitative estimate of drug-likeness (QED) is 0.469. The summed E-state index contributed by atoms with van der Waals surface area (Å²) in [4.78, 5) is 13.4. The van der Waals surface area contributed by atoms with Crippen LogP contribution in [-0.2, 0) is 4.74 Å². The van der Waals surface area contributed by atoms with Gasteiger partial charge in [0.05, 0.1) is 0 Å². The molecule has 1 N–H and O–H groups in total. The molecule has 0 unspecified atom stereocenters. The Morgan fingerprint density at radius 2 is 1.77 bits per heavy atom. The molecule has 2 aromatic carbocycles. The van der Waals surface area contributed by atoms with Crippen LogP contribution >= 0.6 is 34.4 Å². The summed E-state index contributed by atoms with van der Waals surface area (Å²) in [5.41, 5.74) is 0.230. The number of rotatable bonds is 4. The molecule has 0 saturated carbocycles. The van der Waals surface area contributed by atoms with E-state index >= 15 is 0 Å². The second kappa shape index (κ2) is 8.62. The van der Waals surface area contributed by atoms with Gasteiger partial charge in [-0.05, 0) is 53.6 Å². The van der Waals surface area contributed by atoms with Gasteiger partial charge in [-0.3, -0.25) is 4.79 Å². The zero-order valence-electron chi connectivity index (χ0n) is 13.5. The van der Waals surface area contributed by atoms with Gasteiger partial charge in [-0.15, -0.1) is 11.8 Å². The third-order valence-electron chi connectivity index (χ3n) is 3.90. The van der Waals surface area contributed by atoms with Gasteiger partial charge in [-0.25, -0.2) is 13.2 Å². The van der Waals surface area contributed by atoms with Crippen LogP contribution < -0.4 is 5.32 Å². The van der Waals surface area contributed by atoms with Gasteiger partial charge < -0.3 is 10.1 Å². The minimum atomic E-state index is -1.56. The third kappa shape index (κ3) is 4.72. The number of thioether (sulfide) groups is 1. The number of amides is 1. The van der Waals surface area contributed by atoms with Gasteiger partial charge in [0.2, 0.25) is 0 Å². The van der Waals surface area contributed by atoms with E-state index in [0.717, 1.165) is 46.7 Å². The van der Waals surface area contributed by atoms with Gasteiger partial charge in [0.25, 0.3) is 5.91 Å². The van der Waals surface area contributed by atoms with Crippen molar-refractivity contribution < 1.29 is 22.7 Å². The van der Waals surface area contributed by atoms with Crippen molar-refractivity contribution in [2.45, 2.75) is 23.0 Å². The second-order valence-electron chi connectivity index (χ2n) is 5.78. The Morgan fingerprint density at radius 1 is 1.12 bits per heavy atom. The Balaban J connectivity index is 1.76. The summed E-state index contributed by atoms with van der Waals surface area (Å²) in [6, 6.07) is 6.72. The summed E-state index contributed by atoms with van der Waals surface area (Å²) >= 11 is 3.91. The third-order valence-corrected chi connectivity index (χ3v) is 6.60. The highest BCUT2D eigenvalue weighted by atomic mass is 127. The Bertz CT molecular complexity index is 805. The van der Waals surface area contributed by atoms with Crippen LogP contribution in [0.25, 0.3) is 0 Å². The van der Waals surface area contributed by atoms with Crippen molar-refractivity contribution in [2.75, 3.05) is 18.5 Å². The fraction of sp³-hybridized carbons (Fsp3) is 0.278. The SMILES string of the molecule is O=C(Nc1cc(F)c(F)c(F)c1)c1ccc(I)c(SC2CCOCC2)c1. The van der Waals surface area contributed by atoms with Gasteiger partial charge in [0, 0.05) is 50.3 Å². The molecule has 1 amide bonds. The number of carbonyl (C=O) groups is 1. The van der Waals surface area contributed by atoms with Gasteiger partial charge in [-0.1, -0.05) is 0 Å². The molecule has 3 rings (SSSR count). The molecule has 1 aliphatic rings. The van der Waals surface area contributed by atoms with Crippen LogP contribution in [0.5, 0.6) is 0 Å². The molecule has 0 aliphatic carbocycles. The number of hydrogen-bond acceptors (Lipinski definition) is 3. The van der Waals surface area contributed by atoms with Crippen molar-refractivity contribution in [2.24, 2.45) is 0 Å². The molecule has 0 radical (unpaired) electrons. The molecule has 0 atom stereocenters. The molecule has 8 heteroatoms. The topological polar surface area (TPSA) is 38.3 Å². The zero-order valence-corrected chi connectivity index (χ0v) is 16.5. The van der Waals surface area contributed by atoms with E-state index in [2.05, 4.69) is 27.9 Å². The number of nitrogens with one attached hydrogen (secondary N) is 1. The highest BCUT2D eigenvalue weighted by Crippen LogP contribution is 2.33. The summed E-state index contributed by atoms with van der Waals surface area (Å²) in [6.45, 7) is 1.46. The fourth-order valence-corrected chi connectivity index (χ4v) is 4.42. The van der Waals surface area contributed by atoms with Gasteiger partial charge in [0.15, 0.2) is 17.5 Å². The highest BCUT2D eigenvalue weighted by Gasteiger charge is 2.18. The number of hydrogen-bond donors (Lipinski definition) is 1. The number of carbonyl (C=O) groups excluding carboxylic acids is 1. The molecule has 1 heterocycles. The maximum absolute atomic E-state index is 13.3. The zero-order chi connectivity index (χ0) is 18.7. The van der Waals surface area contributed by atoms with Gasteiger partial charge in [-0.2, -0.15) is 0 Å². The standard InChI is InChI=1S/C18H15F3INO2S/c19-13-8-11(9-14(20)17(13)21)23-18(24)10-1-2-15(22)16(7-10)26-12-3-5-25-6-4-12/h1-2,7-9,12H,3-6H2,(H,23,24). The summed E-state index contributed by atoms with van der Waals surface area (Å²) < 4.78 is 46.0. The maximum Gasteiger partial charge on any atom is 0.255 e. The smallest absolute Gasteiger partial charge is 0.255 e. The normalized spacial score (nSPS) is 15.1. The minimum absolute atomic E-state index is 0.136. The molecule has 1 fully saturated rings. The van der Waals surface area contributed by atoms with E-state index in [4.69, 9.17) is 4.74 Å². The van der Waals surface area contributed by atoms with E-state index in [1.807, 2.05) is 6.07 Å². The van der Waals surface area contributed by atoms with Gasteiger partial charge >= 0.3 is 0 Å². The molecule has 3 nitrogen and oxygen atoms in total. The lowest BCUT2D eigenvalue weighted by atomic mass is 10.2. The van der Waals surface area contributed by atoms with E-state index < -0.39 is 23.4 Å². The molecule has 26 heavy (non-hydrogen) atoms. The predicted octanol–water partition coefficient (Wildman–Crippen LogP) is 5.23. The Kier molecular flexibility index (Phi) is 6.46. The average Bonchev–Trinajstić information content (AvgIpc) is 2.62. The van der Waals surface area contributed by atoms with Crippen LogP contribution in [0, 0.1) is 21.0 Å². The summed E-state index contributed by atoms with van der Waals surface area (Å²) in [5.74, 6) is -4.77. The maximum atomic E-state index is 13.3. The van der Waals surface area contributed by atoms with Crippen molar-refractivity contribution in [3.8, 4) is 0 Å². The number of halogens is 4. The van der Waals surface area contributed by atoms with Crippen LogP contribution in [0.15, 0.2) is 35.2 Å². The first-order chi connectivity index (χ1) is 12.4. The van der Waals surface area contributed by atoms with Gasteiger partial charge in [0.1, 0.15) is 0 Å². The lowest BCUT2D eigenvalue weighted by molar-refractivity contribution is 0.0999. The number of benzene rings is 2. The summed E-state index contributed by atoms with van der Waals surface area (Å²) in [7, 11) is 0. The van der Waals surface area contributed by atoms with Crippen LogP contribution in [0.1, 0.15) is 23.2 Å². The molecule has 138 valence electrons. The van der Waals surface area contributed by atoms with Crippen LogP contribution in [0.4, 0.5) is 18.9 Å². The Labute approximate surface area is 166 Å². The summed E-state index contributed by atoms with van der Waals surface area (Å²) in [6.07, 6.45) is 1.90. The van der Waals surface area contributed by atoms with Crippen molar-refractivity contribution in [1.29, 1.82) is 0 Å². The predicted molar refractivity (Wildman–Crippen MR) is 103 cm³/mol. The summed E-state index contributed by atoms with van der Waals surface area (Å²) in [5, 5.41) is 2.83. The van der Waals surface area contributed by atoms with E-state index in [1.54, 1.807) is 23.9 Å². The average molecular weight is 493 g/mol. The molecule has 0 aromatic heterocycles. The molecule has 1 saturated heterocycles. The highest BCUT2D eigenvalue weighted by molar-refractivity contribution is 14.1. The molecule has 0 bridgehead atoms. The number of anilines is 1. The molecule has 2 aromatic rings. The van der Waals surface area contributed by atoms with E-state index in [1.165, 1.54) is 0 Å². The van der Waals surface area contributed by atoms with Crippen molar-refractivity contribution >= 4 is 45.9 Å². The van der Waals surface area contributed by atoms with Crippen LogP contribution in [-0.4, -0.2) is 24.4 Å². The molecule has 1 aliphatic heterocycles. The molecular weight excluding hydrogens is 478 g/mol. The largest absolute Gasteiger partial charge is 0.381 e. The Morgan fingerprint density at radius 3 is 2.42 bits per heavy atom. The van der Waals surface area contributed by atoms with Crippen LogP contribution in [0.2, 0.25) is 0 Å². The minimum Gasteiger partial charge on any atom is -0.381 e.